The molecule has 1 aliphatic rings. The van der Waals surface area contributed by atoms with E-state index in [4.69, 9.17) is 9.47 Å². The number of ether oxygens (including phenoxy) is 2. The quantitative estimate of drug-likeness (QED) is 0.868. The zero-order valence-electron chi connectivity index (χ0n) is 13.9. The lowest BCUT2D eigenvalue weighted by molar-refractivity contribution is 0.0728. The third-order valence-electron chi connectivity index (χ3n) is 4.27. The maximum absolute atomic E-state index is 13.3. The molecule has 6 heteroatoms. The number of methoxy groups -OCH3 is 2. The van der Waals surface area contributed by atoms with Gasteiger partial charge in [-0.25, -0.2) is 9.37 Å². The number of aryl methyl sites for hydroxylation is 1. The molecule has 0 bridgehead atoms. The molecule has 0 spiro atoms. The van der Waals surface area contributed by atoms with Gasteiger partial charge in [0, 0.05) is 13.1 Å². The number of halogens is 1. The van der Waals surface area contributed by atoms with Gasteiger partial charge in [-0.2, -0.15) is 0 Å². The summed E-state index contributed by atoms with van der Waals surface area (Å²) in [5.74, 6) is 0.721. The summed E-state index contributed by atoms with van der Waals surface area (Å²) in [4.78, 5) is 18.3. The molecule has 24 heavy (non-hydrogen) atoms. The number of pyridine rings is 1. The van der Waals surface area contributed by atoms with E-state index >= 15 is 0 Å². The molecular formula is C18H19FN2O3. The second-order valence-corrected chi connectivity index (χ2v) is 5.77. The first-order chi connectivity index (χ1) is 11.5. The number of nitrogens with zero attached hydrogens (tertiary/aromatic N) is 2. The Morgan fingerprint density at radius 1 is 1.17 bits per heavy atom. The van der Waals surface area contributed by atoms with Crippen molar-refractivity contribution < 1.29 is 18.7 Å². The fourth-order valence-corrected chi connectivity index (χ4v) is 2.87. The standard InChI is InChI=1S/C18H19FN2O3/c1-11-6-15(20-9-14(11)19)18(22)21-5-4-12-7-16(23-2)17(24-3)8-13(12)10-21/h6-9H,4-5,10H2,1-3H3. The molecule has 2 aromatic rings. The third kappa shape index (κ3) is 2.91. The van der Waals surface area contributed by atoms with Crippen LogP contribution in [-0.4, -0.2) is 36.6 Å². The van der Waals surface area contributed by atoms with Gasteiger partial charge >= 0.3 is 0 Å². The molecule has 1 amide bonds. The van der Waals surface area contributed by atoms with Gasteiger partial charge in [-0.05, 0) is 48.2 Å². The van der Waals surface area contributed by atoms with Crippen LogP contribution in [0.15, 0.2) is 24.4 Å². The summed E-state index contributed by atoms with van der Waals surface area (Å²) in [6.45, 7) is 2.67. The summed E-state index contributed by atoms with van der Waals surface area (Å²) in [5.41, 5.74) is 2.83. The number of aromatic nitrogens is 1. The first-order valence-electron chi connectivity index (χ1n) is 7.68. The molecule has 0 unspecified atom stereocenters. The third-order valence-corrected chi connectivity index (χ3v) is 4.27. The molecule has 0 saturated carbocycles. The monoisotopic (exact) mass is 330 g/mol. The molecule has 2 heterocycles. The number of carbonyl (C=O) groups is 1. The molecule has 0 saturated heterocycles. The van der Waals surface area contributed by atoms with E-state index in [0.717, 1.165) is 23.7 Å². The molecule has 1 aromatic heterocycles. The number of amides is 1. The van der Waals surface area contributed by atoms with E-state index in [0.29, 0.717) is 30.2 Å². The average Bonchev–Trinajstić information content (AvgIpc) is 2.61. The number of fused-ring (bicyclic) bond motifs is 1. The fraction of sp³-hybridized carbons (Fsp3) is 0.333. The molecular weight excluding hydrogens is 311 g/mol. The number of benzene rings is 1. The van der Waals surface area contributed by atoms with E-state index < -0.39 is 5.82 Å². The van der Waals surface area contributed by atoms with Gasteiger partial charge in [-0.15, -0.1) is 0 Å². The Kier molecular flexibility index (Phi) is 4.38. The first kappa shape index (κ1) is 16.2. The summed E-state index contributed by atoms with van der Waals surface area (Å²) in [7, 11) is 3.19. The van der Waals surface area contributed by atoms with Crippen LogP contribution in [0.3, 0.4) is 0 Å². The van der Waals surface area contributed by atoms with E-state index in [-0.39, 0.29) is 11.6 Å². The molecule has 1 aliphatic heterocycles. The summed E-state index contributed by atoms with van der Waals surface area (Å²) < 4.78 is 24.0. The van der Waals surface area contributed by atoms with Crippen molar-refractivity contribution in [2.24, 2.45) is 0 Å². The van der Waals surface area contributed by atoms with Crippen LogP contribution in [-0.2, 0) is 13.0 Å². The predicted octanol–water partition coefficient (Wildman–Crippen LogP) is 2.74. The molecule has 126 valence electrons. The van der Waals surface area contributed by atoms with E-state index in [2.05, 4.69) is 4.98 Å². The van der Waals surface area contributed by atoms with Gasteiger partial charge in [0.1, 0.15) is 11.5 Å². The second-order valence-electron chi connectivity index (χ2n) is 5.77. The molecule has 0 N–H and O–H groups in total. The van der Waals surface area contributed by atoms with Crippen LogP contribution in [0.25, 0.3) is 0 Å². The van der Waals surface area contributed by atoms with Crippen molar-refractivity contribution in [1.29, 1.82) is 0 Å². The van der Waals surface area contributed by atoms with Crippen molar-refractivity contribution in [3.8, 4) is 11.5 Å². The minimum Gasteiger partial charge on any atom is -0.493 e. The zero-order valence-corrected chi connectivity index (χ0v) is 13.9. The number of hydrogen-bond donors (Lipinski definition) is 0. The molecule has 5 nitrogen and oxygen atoms in total. The number of hydrogen-bond acceptors (Lipinski definition) is 4. The average molecular weight is 330 g/mol. The SMILES string of the molecule is COc1cc2c(cc1OC)CN(C(=O)c1cc(C)c(F)cn1)CC2. The maximum atomic E-state index is 13.3. The largest absolute Gasteiger partial charge is 0.493 e. The summed E-state index contributed by atoms with van der Waals surface area (Å²) in [5, 5.41) is 0. The normalized spacial score (nSPS) is 13.4. The van der Waals surface area contributed by atoms with Crippen LogP contribution in [0, 0.1) is 12.7 Å². The van der Waals surface area contributed by atoms with Crippen LogP contribution in [0.1, 0.15) is 27.2 Å². The van der Waals surface area contributed by atoms with Crippen molar-refractivity contribution in [2.45, 2.75) is 19.9 Å². The van der Waals surface area contributed by atoms with Gasteiger partial charge in [0.25, 0.3) is 5.91 Å². The highest BCUT2D eigenvalue weighted by atomic mass is 19.1. The summed E-state index contributed by atoms with van der Waals surface area (Å²) in [6.07, 6.45) is 1.82. The maximum Gasteiger partial charge on any atom is 0.272 e. The lowest BCUT2D eigenvalue weighted by Gasteiger charge is -2.29. The topological polar surface area (TPSA) is 51.7 Å². The molecule has 0 aliphatic carbocycles. The second kappa shape index (κ2) is 6.47. The van der Waals surface area contributed by atoms with Crippen molar-refractivity contribution >= 4 is 5.91 Å². The van der Waals surface area contributed by atoms with Crippen LogP contribution in [0.4, 0.5) is 4.39 Å². The van der Waals surface area contributed by atoms with Crippen LogP contribution in [0.2, 0.25) is 0 Å². The van der Waals surface area contributed by atoms with Gasteiger partial charge in [0.15, 0.2) is 11.5 Å². The first-order valence-corrected chi connectivity index (χ1v) is 7.68. The Labute approximate surface area is 140 Å². The molecule has 3 rings (SSSR count). The molecule has 1 aromatic carbocycles. The van der Waals surface area contributed by atoms with E-state index in [1.54, 1.807) is 26.0 Å². The Balaban J connectivity index is 1.86. The van der Waals surface area contributed by atoms with Crippen molar-refractivity contribution in [1.82, 2.24) is 9.88 Å². The van der Waals surface area contributed by atoms with Gasteiger partial charge in [-0.3, -0.25) is 4.79 Å². The minimum atomic E-state index is -0.410. The predicted molar refractivity (Wildman–Crippen MR) is 86.9 cm³/mol. The lowest BCUT2D eigenvalue weighted by atomic mass is 9.98. The zero-order chi connectivity index (χ0) is 17.3. The number of rotatable bonds is 3. The van der Waals surface area contributed by atoms with Gasteiger partial charge in [0.2, 0.25) is 0 Å². The van der Waals surface area contributed by atoms with E-state index in [9.17, 15) is 9.18 Å². The van der Waals surface area contributed by atoms with Gasteiger partial charge in [-0.1, -0.05) is 0 Å². The highest BCUT2D eigenvalue weighted by Gasteiger charge is 2.24. The molecule has 0 radical (unpaired) electrons. The highest BCUT2D eigenvalue weighted by molar-refractivity contribution is 5.92. The van der Waals surface area contributed by atoms with E-state index in [1.807, 2.05) is 12.1 Å². The lowest BCUT2D eigenvalue weighted by Crippen LogP contribution is -2.36. The Morgan fingerprint density at radius 2 is 1.83 bits per heavy atom. The highest BCUT2D eigenvalue weighted by Crippen LogP contribution is 2.33. The molecule has 0 fully saturated rings. The minimum absolute atomic E-state index is 0.196. The van der Waals surface area contributed by atoms with Crippen LogP contribution in [0.5, 0.6) is 11.5 Å². The van der Waals surface area contributed by atoms with Crippen molar-refractivity contribution in [3.63, 3.8) is 0 Å². The smallest absolute Gasteiger partial charge is 0.272 e. The Bertz CT molecular complexity index is 792. The van der Waals surface area contributed by atoms with Crippen molar-refractivity contribution in [3.05, 3.63) is 52.6 Å². The van der Waals surface area contributed by atoms with E-state index in [1.165, 1.54) is 6.07 Å². The Morgan fingerprint density at radius 3 is 2.46 bits per heavy atom. The molecule has 0 atom stereocenters. The summed E-state index contributed by atoms with van der Waals surface area (Å²) >= 11 is 0. The van der Waals surface area contributed by atoms with Gasteiger partial charge in [0.05, 0.1) is 20.4 Å². The van der Waals surface area contributed by atoms with Crippen LogP contribution < -0.4 is 9.47 Å². The van der Waals surface area contributed by atoms with Gasteiger partial charge < -0.3 is 14.4 Å². The van der Waals surface area contributed by atoms with Crippen LogP contribution >= 0.6 is 0 Å². The Hall–Kier alpha value is -2.63. The number of carbonyl (C=O) groups excluding carboxylic acids is 1. The summed E-state index contributed by atoms with van der Waals surface area (Å²) in [6, 6.07) is 5.34. The fourth-order valence-electron chi connectivity index (χ4n) is 2.87. The van der Waals surface area contributed by atoms with Crippen molar-refractivity contribution in [2.75, 3.05) is 20.8 Å².